The van der Waals surface area contributed by atoms with Gasteiger partial charge in [-0.2, -0.15) is 4.31 Å². The van der Waals surface area contributed by atoms with Crippen molar-refractivity contribution in [3.05, 3.63) is 65.9 Å². The molecule has 32 heavy (non-hydrogen) atoms. The number of aromatic nitrogens is 3. The number of imidazole rings is 1. The molecule has 4 aromatic rings. The zero-order valence-electron chi connectivity index (χ0n) is 17.6. The van der Waals surface area contributed by atoms with Gasteiger partial charge in [0.05, 0.1) is 13.7 Å². The number of hydrogen-bond acceptors (Lipinski definition) is 7. The molecule has 1 aromatic carbocycles. The smallest absolute Gasteiger partial charge is 0.252 e. The third-order valence-electron chi connectivity index (χ3n) is 5.60. The fraction of sp³-hybridized carbons (Fsp3) is 0.273. The summed E-state index contributed by atoms with van der Waals surface area (Å²) >= 11 is 1.26. The molecular formula is C22H23N5O3S2. The van der Waals surface area contributed by atoms with Gasteiger partial charge in [0.15, 0.2) is 5.65 Å². The molecule has 3 aromatic heterocycles. The largest absolute Gasteiger partial charge is 0.497 e. The van der Waals surface area contributed by atoms with Crippen LogP contribution in [0, 0.1) is 0 Å². The molecule has 5 rings (SSSR count). The van der Waals surface area contributed by atoms with Crippen molar-refractivity contribution in [2.45, 2.75) is 10.8 Å². The lowest BCUT2D eigenvalue weighted by atomic mass is 10.3. The molecular weight excluding hydrogens is 446 g/mol. The number of ether oxygens (including phenoxy) is 1. The van der Waals surface area contributed by atoms with E-state index in [-0.39, 0.29) is 0 Å². The Bertz CT molecular complexity index is 1310. The molecule has 1 saturated heterocycles. The molecule has 0 amide bonds. The molecule has 1 aliphatic heterocycles. The second-order valence-electron chi connectivity index (χ2n) is 7.52. The van der Waals surface area contributed by atoms with E-state index in [1.165, 1.54) is 11.3 Å². The van der Waals surface area contributed by atoms with Crippen molar-refractivity contribution >= 4 is 32.5 Å². The van der Waals surface area contributed by atoms with Crippen LogP contribution in [-0.2, 0) is 16.6 Å². The van der Waals surface area contributed by atoms with Crippen molar-refractivity contribution in [2.24, 2.45) is 0 Å². The Balaban J connectivity index is 1.38. The van der Waals surface area contributed by atoms with Crippen molar-refractivity contribution in [1.82, 2.24) is 23.7 Å². The van der Waals surface area contributed by atoms with Crippen LogP contribution >= 0.6 is 11.3 Å². The quantitative estimate of drug-likeness (QED) is 0.432. The average Bonchev–Trinajstić information content (AvgIpc) is 3.48. The van der Waals surface area contributed by atoms with Crippen molar-refractivity contribution < 1.29 is 13.2 Å². The molecule has 0 N–H and O–H groups in total. The minimum atomic E-state index is -3.41. The van der Waals surface area contributed by atoms with Gasteiger partial charge in [-0.1, -0.05) is 6.07 Å². The summed E-state index contributed by atoms with van der Waals surface area (Å²) in [5, 5.41) is 1.79. The van der Waals surface area contributed by atoms with E-state index in [4.69, 9.17) is 9.72 Å². The second kappa shape index (κ2) is 8.62. The van der Waals surface area contributed by atoms with Gasteiger partial charge < -0.3 is 4.74 Å². The molecule has 0 saturated carbocycles. The number of pyridine rings is 1. The van der Waals surface area contributed by atoms with Gasteiger partial charge in [0.1, 0.15) is 21.3 Å². The van der Waals surface area contributed by atoms with Gasteiger partial charge in [-0.15, -0.1) is 11.3 Å². The average molecular weight is 470 g/mol. The zero-order valence-corrected chi connectivity index (χ0v) is 19.2. The molecule has 0 aliphatic carbocycles. The highest BCUT2D eigenvalue weighted by molar-refractivity contribution is 7.91. The summed E-state index contributed by atoms with van der Waals surface area (Å²) in [6.07, 6.45) is 1.77. The number of benzene rings is 1. The summed E-state index contributed by atoms with van der Waals surface area (Å²) < 4.78 is 34.9. The fourth-order valence-electron chi connectivity index (χ4n) is 3.93. The number of methoxy groups -OCH3 is 1. The molecule has 0 atom stereocenters. The third kappa shape index (κ3) is 3.90. The summed E-state index contributed by atoms with van der Waals surface area (Å²) in [7, 11) is -1.77. The number of thiophene rings is 1. The molecule has 0 bridgehead atoms. The van der Waals surface area contributed by atoms with E-state index in [9.17, 15) is 8.42 Å². The summed E-state index contributed by atoms with van der Waals surface area (Å²) in [5.41, 5.74) is 2.59. The fourth-order valence-corrected chi connectivity index (χ4v) is 6.50. The number of piperazine rings is 1. The summed E-state index contributed by atoms with van der Waals surface area (Å²) in [6, 6.07) is 15.1. The highest BCUT2D eigenvalue weighted by Crippen LogP contribution is 2.25. The van der Waals surface area contributed by atoms with E-state index in [1.54, 1.807) is 35.1 Å². The standard InChI is InChI=1S/C22H23N5O3S2/c1-30-18-8-6-17(7-9-18)27-20(24-19-4-2-10-23-22(19)27)16-25-11-13-26(14-12-25)32(28,29)21-5-3-15-31-21/h2-10,15H,11-14,16H2,1H3. The maximum atomic E-state index is 12.8. The molecule has 10 heteroatoms. The third-order valence-corrected chi connectivity index (χ3v) is 8.87. The molecule has 8 nitrogen and oxygen atoms in total. The Morgan fingerprint density at radius 3 is 2.50 bits per heavy atom. The number of hydrogen-bond donors (Lipinski definition) is 0. The number of rotatable bonds is 6. The Kier molecular flexibility index (Phi) is 5.68. The first kappa shape index (κ1) is 21.1. The maximum absolute atomic E-state index is 12.8. The predicted octanol–water partition coefficient (Wildman–Crippen LogP) is 3.00. The van der Waals surface area contributed by atoms with Gasteiger partial charge >= 0.3 is 0 Å². The first-order chi connectivity index (χ1) is 15.6. The van der Waals surface area contributed by atoms with Gasteiger partial charge in [0.25, 0.3) is 10.0 Å². The van der Waals surface area contributed by atoms with Gasteiger partial charge in [-0.05, 0) is 47.8 Å². The second-order valence-corrected chi connectivity index (χ2v) is 10.6. The van der Waals surface area contributed by atoms with Gasteiger partial charge in [0.2, 0.25) is 0 Å². The minimum absolute atomic E-state index is 0.401. The van der Waals surface area contributed by atoms with E-state index in [0.29, 0.717) is 36.9 Å². The van der Waals surface area contributed by atoms with Crippen LogP contribution in [0.5, 0.6) is 5.75 Å². The SMILES string of the molecule is COc1ccc(-n2c(CN3CCN(S(=O)(=O)c4cccs4)CC3)nc3cccnc32)cc1. The maximum Gasteiger partial charge on any atom is 0.252 e. The van der Waals surface area contributed by atoms with Crippen LogP contribution in [0.2, 0.25) is 0 Å². The van der Waals surface area contributed by atoms with E-state index < -0.39 is 10.0 Å². The van der Waals surface area contributed by atoms with Crippen LogP contribution in [-0.4, -0.2) is 65.4 Å². The highest BCUT2D eigenvalue weighted by Gasteiger charge is 2.29. The normalized spacial score (nSPS) is 15.9. The Morgan fingerprint density at radius 2 is 1.81 bits per heavy atom. The summed E-state index contributed by atoms with van der Waals surface area (Å²) in [6.45, 7) is 2.81. The van der Waals surface area contributed by atoms with E-state index in [1.807, 2.05) is 36.4 Å². The van der Waals surface area contributed by atoms with Gasteiger partial charge in [-0.25, -0.2) is 18.4 Å². The highest BCUT2D eigenvalue weighted by atomic mass is 32.2. The van der Waals surface area contributed by atoms with E-state index >= 15 is 0 Å². The number of fused-ring (bicyclic) bond motifs is 1. The topological polar surface area (TPSA) is 80.6 Å². The monoisotopic (exact) mass is 469 g/mol. The van der Waals surface area contributed by atoms with Crippen LogP contribution in [0.15, 0.2) is 64.3 Å². The number of sulfonamides is 1. The minimum Gasteiger partial charge on any atom is -0.497 e. The van der Waals surface area contributed by atoms with E-state index in [0.717, 1.165) is 28.4 Å². The van der Waals surface area contributed by atoms with Crippen LogP contribution in [0.25, 0.3) is 16.9 Å². The lowest BCUT2D eigenvalue weighted by Crippen LogP contribution is -2.48. The lowest BCUT2D eigenvalue weighted by Gasteiger charge is -2.33. The van der Waals surface area contributed by atoms with Crippen molar-refractivity contribution in [3.63, 3.8) is 0 Å². The summed E-state index contributed by atoms with van der Waals surface area (Å²) in [4.78, 5) is 11.6. The first-order valence-corrected chi connectivity index (χ1v) is 12.6. The first-order valence-electron chi connectivity index (χ1n) is 10.3. The zero-order chi connectivity index (χ0) is 22.1. The van der Waals surface area contributed by atoms with Crippen molar-refractivity contribution in [1.29, 1.82) is 0 Å². The van der Waals surface area contributed by atoms with Crippen LogP contribution in [0.3, 0.4) is 0 Å². The Labute approximate surface area is 190 Å². The lowest BCUT2D eigenvalue weighted by molar-refractivity contribution is 0.178. The summed E-state index contributed by atoms with van der Waals surface area (Å²) in [5.74, 6) is 1.66. The molecule has 1 aliphatic rings. The van der Waals surface area contributed by atoms with Gasteiger partial charge in [0, 0.05) is 38.1 Å². The molecule has 0 radical (unpaired) electrons. The molecule has 0 spiro atoms. The van der Waals surface area contributed by atoms with Crippen LogP contribution < -0.4 is 4.74 Å². The Hall–Kier alpha value is -2.79. The predicted molar refractivity (Wildman–Crippen MR) is 124 cm³/mol. The number of nitrogens with zero attached hydrogens (tertiary/aromatic N) is 5. The molecule has 166 valence electrons. The molecule has 4 heterocycles. The molecule has 1 fully saturated rings. The van der Waals surface area contributed by atoms with Crippen LogP contribution in [0.1, 0.15) is 5.82 Å². The van der Waals surface area contributed by atoms with Gasteiger partial charge in [-0.3, -0.25) is 9.47 Å². The Morgan fingerprint density at radius 1 is 1.03 bits per heavy atom. The van der Waals surface area contributed by atoms with Crippen LogP contribution in [0.4, 0.5) is 0 Å². The molecule has 0 unspecified atom stereocenters. The van der Waals surface area contributed by atoms with Crippen molar-refractivity contribution in [2.75, 3.05) is 33.3 Å². The van der Waals surface area contributed by atoms with E-state index in [2.05, 4.69) is 14.5 Å². The van der Waals surface area contributed by atoms with Crippen molar-refractivity contribution in [3.8, 4) is 11.4 Å².